The number of Topliss-reactive ketones (excluding diaryl/α,β-unsaturated/α-hetero) is 2. The Morgan fingerprint density at radius 1 is 1.06 bits per heavy atom. The third-order valence-electron chi connectivity index (χ3n) is 5.97. The second-order valence-corrected chi connectivity index (χ2v) is 8.04. The fourth-order valence-electron chi connectivity index (χ4n) is 4.37. The molecular formula is C25H21N3O5. The number of phenols is 1. The SMILES string of the molecule is O=C1C(=O)N(CCCn2ccnc2)C(c2ccc(O)cc2)C1C(=O)c1cc2ccccc2o1. The van der Waals surface area contributed by atoms with Crippen LogP contribution in [0.15, 0.2) is 77.7 Å². The highest BCUT2D eigenvalue weighted by Gasteiger charge is 2.52. The van der Waals surface area contributed by atoms with Crippen LogP contribution in [-0.2, 0) is 16.1 Å². The average molecular weight is 443 g/mol. The van der Waals surface area contributed by atoms with E-state index >= 15 is 0 Å². The molecule has 2 unspecified atom stereocenters. The number of hydrogen-bond donors (Lipinski definition) is 1. The Kier molecular flexibility index (Phi) is 5.26. The standard InChI is InChI=1S/C25H21N3O5/c29-18-8-6-16(7-9-18)22-21(23(30)20-14-17-4-1-2-5-19(17)33-20)24(31)25(32)28(22)12-3-11-27-13-10-26-15-27/h1-2,4-10,13-15,21-22,29H,3,11-12H2. The number of likely N-dealkylation sites (tertiary alicyclic amines) is 1. The van der Waals surface area contributed by atoms with Crippen molar-refractivity contribution in [3.8, 4) is 5.75 Å². The lowest BCUT2D eigenvalue weighted by Crippen LogP contribution is -2.32. The molecule has 1 saturated heterocycles. The summed E-state index contributed by atoms with van der Waals surface area (Å²) in [7, 11) is 0. The maximum absolute atomic E-state index is 13.5. The van der Waals surface area contributed by atoms with E-state index in [-0.39, 0.29) is 18.1 Å². The van der Waals surface area contributed by atoms with Crippen LogP contribution in [-0.4, -0.2) is 43.6 Å². The van der Waals surface area contributed by atoms with Gasteiger partial charge in [0.1, 0.15) is 17.3 Å². The van der Waals surface area contributed by atoms with Gasteiger partial charge in [-0.3, -0.25) is 14.4 Å². The minimum Gasteiger partial charge on any atom is -0.508 e. The molecule has 5 rings (SSSR count). The molecule has 0 spiro atoms. The van der Waals surface area contributed by atoms with Gasteiger partial charge in [-0.1, -0.05) is 30.3 Å². The van der Waals surface area contributed by atoms with Crippen LogP contribution in [0.25, 0.3) is 11.0 Å². The molecule has 1 aliphatic rings. The van der Waals surface area contributed by atoms with E-state index < -0.39 is 29.4 Å². The molecule has 33 heavy (non-hydrogen) atoms. The summed E-state index contributed by atoms with van der Waals surface area (Å²) in [5, 5.41) is 10.5. The van der Waals surface area contributed by atoms with E-state index in [4.69, 9.17) is 4.42 Å². The lowest BCUT2D eigenvalue weighted by atomic mass is 9.88. The number of aromatic hydroxyl groups is 1. The first-order valence-electron chi connectivity index (χ1n) is 10.7. The maximum Gasteiger partial charge on any atom is 0.291 e. The number of carbonyl (C=O) groups is 3. The Morgan fingerprint density at radius 2 is 1.85 bits per heavy atom. The zero-order chi connectivity index (χ0) is 22.9. The summed E-state index contributed by atoms with van der Waals surface area (Å²) in [4.78, 5) is 45.0. The molecular weight excluding hydrogens is 422 g/mol. The molecule has 4 aromatic rings. The van der Waals surface area contributed by atoms with Crippen LogP contribution in [0.5, 0.6) is 5.75 Å². The Morgan fingerprint density at radius 3 is 2.58 bits per heavy atom. The van der Waals surface area contributed by atoms with E-state index in [1.54, 1.807) is 42.9 Å². The van der Waals surface area contributed by atoms with Gasteiger partial charge in [-0.2, -0.15) is 0 Å². The van der Waals surface area contributed by atoms with Gasteiger partial charge in [-0.05, 0) is 36.2 Å². The number of para-hydroxylation sites is 1. The van der Waals surface area contributed by atoms with Gasteiger partial charge in [0.2, 0.25) is 11.6 Å². The molecule has 2 aromatic heterocycles. The zero-order valence-electron chi connectivity index (χ0n) is 17.6. The predicted octanol–water partition coefficient (Wildman–Crippen LogP) is 3.38. The van der Waals surface area contributed by atoms with Gasteiger partial charge in [-0.15, -0.1) is 0 Å². The number of benzene rings is 2. The predicted molar refractivity (Wildman–Crippen MR) is 118 cm³/mol. The summed E-state index contributed by atoms with van der Waals surface area (Å²) in [6.45, 7) is 0.903. The van der Waals surface area contributed by atoms with Gasteiger partial charge < -0.3 is 19.0 Å². The van der Waals surface area contributed by atoms with E-state index in [2.05, 4.69) is 4.98 Å². The first-order valence-corrected chi connectivity index (χ1v) is 10.7. The highest BCUT2D eigenvalue weighted by atomic mass is 16.3. The molecule has 0 aliphatic carbocycles. The molecule has 1 fully saturated rings. The van der Waals surface area contributed by atoms with E-state index in [1.165, 1.54) is 17.0 Å². The molecule has 8 nitrogen and oxygen atoms in total. The van der Waals surface area contributed by atoms with E-state index in [9.17, 15) is 19.5 Å². The van der Waals surface area contributed by atoms with Gasteiger partial charge in [0.05, 0.1) is 12.4 Å². The van der Waals surface area contributed by atoms with Crippen LogP contribution in [0.4, 0.5) is 0 Å². The molecule has 1 aliphatic heterocycles. The Bertz CT molecular complexity index is 1290. The number of nitrogens with zero attached hydrogens (tertiary/aromatic N) is 3. The molecule has 2 atom stereocenters. The van der Waals surface area contributed by atoms with Crippen molar-refractivity contribution in [2.75, 3.05) is 6.54 Å². The molecule has 0 radical (unpaired) electrons. The van der Waals surface area contributed by atoms with Crippen molar-refractivity contribution in [3.05, 3.63) is 84.6 Å². The minimum absolute atomic E-state index is 0.0476. The quantitative estimate of drug-likeness (QED) is 0.267. The van der Waals surface area contributed by atoms with E-state index in [0.717, 1.165) is 5.39 Å². The Labute approximate surface area is 189 Å². The normalized spacial score (nSPS) is 18.4. The third kappa shape index (κ3) is 3.80. The molecule has 0 saturated carbocycles. The average Bonchev–Trinajstić information content (AvgIpc) is 3.54. The minimum atomic E-state index is -1.23. The van der Waals surface area contributed by atoms with E-state index in [1.807, 2.05) is 22.9 Å². The van der Waals surface area contributed by atoms with Crippen molar-refractivity contribution < 1.29 is 23.9 Å². The van der Waals surface area contributed by atoms with Crippen molar-refractivity contribution in [2.24, 2.45) is 5.92 Å². The molecule has 1 N–H and O–H groups in total. The first kappa shape index (κ1) is 20.7. The number of furan rings is 1. The lowest BCUT2D eigenvalue weighted by Gasteiger charge is -2.27. The fraction of sp³-hybridized carbons (Fsp3) is 0.200. The second-order valence-electron chi connectivity index (χ2n) is 8.04. The highest BCUT2D eigenvalue weighted by molar-refractivity contribution is 6.43. The van der Waals surface area contributed by atoms with Gasteiger partial charge in [0.25, 0.3) is 5.91 Å². The van der Waals surface area contributed by atoms with Crippen LogP contribution < -0.4 is 0 Å². The summed E-state index contributed by atoms with van der Waals surface area (Å²) < 4.78 is 7.60. The van der Waals surface area contributed by atoms with Crippen molar-refractivity contribution >= 4 is 28.4 Å². The van der Waals surface area contributed by atoms with Crippen molar-refractivity contribution in [1.82, 2.24) is 14.5 Å². The molecule has 8 heteroatoms. The summed E-state index contributed by atoms with van der Waals surface area (Å²) in [5.74, 6) is -3.09. The third-order valence-corrected chi connectivity index (χ3v) is 5.97. The largest absolute Gasteiger partial charge is 0.508 e. The van der Waals surface area contributed by atoms with Crippen LogP contribution in [0.3, 0.4) is 0 Å². The van der Waals surface area contributed by atoms with Gasteiger partial charge in [-0.25, -0.2) is 4.98 Å². The maximum atomic E-state index is 13.5. The molecule has 0 bridgehead atoms. The number of hydrogen-bond acceptors (Lipinski definition) is 6. The van der Waals surface area contributed by atoms with Crippen molar-refractivity contribution in [2.45, 2.75) is 19.0 Å². The number of amides is 1. The number of rotatable bonds is 7. The Hall–Kier alpha value is -4.20. The molecule has 1 amide bonds. The number of aryl methyl sites for hydroxylation is 1. The van der Waals surface area contributed by atoms with E-state index in [0.29, 0.717) is 24.1 Å². The zero-order valence-corrected chi connectivity index (χ0v) is 17.6. The summed E-state index contributed by atoms with van der Waals surface area (Å²) >= 11 is 0. The number of ketones is 2. The lowest BCUT2D eigenvalue weighted by molar-refractivity contribution is -0.140. The molecule has 3 heterocycles. The topological polar surface area (TPSA) is 106 Å². The summed E-state index contributed by atoms with van der Waals surface area (Å²) in [5.41, 5.74) is 1.14. The highest BCUT2D eigenvalue weighted by Crippen LogP contribution is 2.39. The number of imidazole rings is 1. The molecule has 2 aromatic carbocycles. The smallest absolute Gasteiger partial charge is 0.291 e. The van der Waals surface area contributed by atoms with Crippen LogP contribution in [0.1, 0.15) is 28.6 Å². The fourth-order valence-corrected chi connectivity index (χ4v) is 4.37. The van der Waals surface area contributed by atoms with Crippen LogP contribution in [0, 0.1) is 5.92 Å². The van der Waals surface area contributed by atoms with Crippen LogP contribution in [0.2, 0.25) is 0 Å². The van der Waals surface area contributed by atoms with Crippen LogP contribution >= 0.6 is 0 Å². The second kappa shape index (κ2) is 8.38. The first-order chi connectivity index (χ1) is 16.0. The van der Waals surface area contributed by atoms with Gasteiger partial charge in [0.15, 0.2) is 5.76 Å². The summed E-state index contributed by atoms with van der Waals surface area (Å²) in [6.07, 6.45) is 5.76. The monoisotopic (exact) mass is 443 g/mol. The molecule has 166 valence electrons. The number of carbonyl (C=O) groups excluding carboxylic acids is 3. The summed E-state index contributed by atoms with van der Waals surface area (Å²) in [6, 6.07) is 14.2. The van der Waals surface area contributed by atoms with Crippen molar-refractivity contribution in [1.29, 1.82) is 0 Å². The van der Waals surface area contributed by atoms with Gasteiger partial charge >= 0.3 is 0 Å². The number of phenolic OH excluding ortho intramolecular Hbond substituents is 1. The Balaban J connectivity index is 1.48. The number of aromatic nitrogens is 2. The van der Waals surface area contributed by atoms with Gasteiger partial charge in [0, 0.05) is 30.9 Å². The van der Waals surface area contributed by atoms with Crippen molar-refractivity contribution in [3.63, 3.8) is 0 Å². The number of fused-ring (bicyclic) bond motifs is 1.